The van der Waals surface area contributed by atoms with Gasteiger partial charge in [-0.05, 0) is 12.5 Å². The fourth-order valence-corrected chi connectivity index (χ4v) is 3.95. The van der Waals surface area contributed by atoms with Crippen LogP contribution in [0, 0.1) is 10.1 Å². The van der Waals surface area contributed by atoms with Crippen LogP contribution in [-0.2, 0) is 9.84 Å². The Bertz CT molecular complexity index is 724. The zero-order chi connectivity index (χ0) is 16.5. The van der Waals surface area contributed by atoms with Gasteiger partial charge in [0.1, 0.15) is 5.56 Å². The van der Waals surface area contributed by atoms with Gasteiger partial charge in [0.05, 0.1) is 22.0 Å². The summed E-state index contributed by atoms with van der Waals surface area (Å²) in [7, 11) is -3.24. The van der Waals surface area contributed by atoms with Gasteiger partial charge in [0.25, 0.3) is 11.6 Å². The summed E-state index contributed by atoms with van der Waals surface area (Å²) in [5, 5.41) is 22.4. The second-order valence-corrected chi connectivity index (χ2v) is 7.06. The fourth-order valence-electron chi connectivity index (χ4n) is 2.28. The first-order valence-electron chi connectivity index (χ1n) is 6.23. The Morgan fingerprint density at radius 2 is 2.05 bits per heavy atom. The standard InChI is InChI=1S/C12H12N2O7S/c15-11(13-7-4-5-22(20,21)6-7)10-8(12(16)17)2-1-3-9(10)14(18)19/h1-3,7H,4-6H2,(H,13,15)(H,16,17). The van der Waals surface area contributed by atoms with Crippen molar-refractivity contribution in [3.05, 3.63) is 39.4 Å². The van der Waals surface area contributed by atoms with Crippen LogP contribution >= 0.6 is 0 Å². The molecule has 9 nitrogen and oxygen atoms in total. The lowest BCUT2D eigenvalue weighted by molar-refractivity contribution is -0.385. The predicted octanol–water partition coefficient (Wildman–Crippen LogP) is 0.210. The number of sulfone groups is 1. The Labute approximate surface area is 125 Å². The van der Waals surface area contributed by atoms with Crippen LogP contribution in [0.5, 0.6) is 0 Å². The molecule has 1 aromatic rings. The van der Waals surface area contributed by atoms with Gasteiger partial charge in [-0.25, -0.2) is 13.2 Å². The van der Waals surface area contributed by atoms with Gasteiger partial charge in [-0.3, -0.25) is 14.9 Å². The van der Waals surface area contributed by atoms with Crippen LogP contribution < -0.4 is 5.32 Å². The second kappa shape index (κ2) is 5.72. The van der Waals surface area contributed by atoms with Crippen LogP contribution in [0.2, 0.25) is 0 Å². The number of nitrogens with zero attached hydrogens (tertiary/aromatic N) is 1. The molecule has 0 saturated carbocycles. The van der Waals surface area contributed by atoms with Crippen molar-refractivity contribution in [1.82, 2.24) is 5.32 Å². The van der Waals surface area contributed by atoms with Crippen LogP contribution in [0.15, 0.2) is 18.2 Å². The summed E-state index contributed by atoms with van der Waals surface area (Å²) in [6, 6.07) is 2.58. The summed E-state index contributed by atoms with van der Waals surface area (Å²) in [6.45, 7) is 0. The van der Waals surface area contributed by atoms with Crippen molar-refractivity contribution in [2.75, 3.05) is 11.5 Å². The van der Waals surface area contributed by atoms with Crippen LogP contribution in [0.1, 0.15) is 27.1 Å². The highest BCUT2D eigenvalue weighted by Gasteiger charge is 2.32. The number of nitrogens with one attached hydrogen (secondary N) is 1. The van der Waals surface area contributed by atoms with Crippen molar-refractivity contribution in [2.24, 2.45) is 0 Å². The third-order valence-corrected chi connectivity index (χ3v) is 5.03. The van der Waals surface area contributed by atoms with E-state index in [1.54, 1.807) is 0 Å². The van der Waals surface area contributed by atoms with Gasteiger partial charge in [-0.1, -0.05) is 6.07 Å². The third-order valence-electron chi connectivity index (χ3n) is 3.26. The zero-order valence-electron chi connectivity index (χ0n) is 11.2. The first-order chi connectivity index (χ1) is 10.2. The normalized spacial score (nSPS) is 19.5. The minimum atomic E-state index is -3.24. The van der Waals surface area contributed by atoms with E-state index in [-0.39, 0.29) is 17.9 Å². The van der Waals surface area contributed by atoms with Gasteiger partial charge in [0, 0.05) is 12.1 Å². The molecule has 2 N–H and O–H groups in total. The van der Waals surface area contributed by atoms with E-state index in [1.165, 1.54) is 6.07 Å². The van der Waals surface area contributed by atoms with Crippen molar-refractivity contribution in [2.45, 2.75) is 12.5 Å². The highest BCUT2D eigenvalue weighted by atomic mass is 32.2. The maximum Gasteiger partial charge on any atom is 0.336 e. The number of nitro benzene ring substituents is 1. The maximum absolute atomic E-state index is 12.2. The van der Waals surface area contributed by atoms with E-state index in [0.717, 1.165) is 12.1 Å². The molecular weight excluding hydrogens is 316 g/mol. The number of aromatic carboxylic acids is 1. The lowest BCUT2D eigenvalue weighted by atomic mass is 10.0. The topological polar surface area (TPSA) is 144 Å². The van der Waals surface area contributed by atoms with Crippen LogP contribution in [-0.4, -0.2) is 47.9 Å². The highest BCUT2D eigenvalue weighted by molar-refractivity contribution is 7.91. The molecule has 1 fully saturated rings. The van der Waals surface area contributed by atoms with Gasteiger partial charge >= 0.3 is 5.97 Å². The van der Waals surface area contributed by atoms with E-state index in [0.29, 0.717) is 0 Å². The van der Waals surface area contributed by atoms with Gasteiger partial charge in [0.2, 0.25) is 0 Å². The van der Waals surface area contributed by atoms with Crippen LogP contribution in [0.25, 0.3) is 0 Å². The van der Waals surface area contributed by atoms with Gasteiger partial charge in [-0.15, -0.1) is 0 Å². The molecular formula is C12H12N2O7S. The number of rotatable bonds is 4. The number of carboxylic acids is 1. The third kappa shape index (κ3) is 3.22. The van der Waals surface area contributed by atoms with Crippen molar-refractivity contribution < 1.29 is 28.0 Å². The molecule has 22 heavy (non-hydrogen) atoms. The molecule has 0 aliphatic carbocycles. The quantitative estimate of drug-likeness (QED) is 0.593. The van der Waals surface area contributed by atoms with Crippen LogP contribution in [0.3, 0.4) is 0 Å². The fraction of sp³-hybridized carbons (Fsp3) is 0.333. The Morgan fingerprint density at radius 3 is 2.55 bits per heavy atom. The van der Waals surface area contributed by atoms with E-state index in [2.05, 4.69) is 5.32 Å². The summed E-state index contributed by atoms with van der Waals surface area (Å²) < 4.78 is 22.7. The minimum absolute atomic E-state index is 0.0827. The average Bonchev–Trinajstić information content (AvgIpc) is 2.76. The average molecular weight is 328 g/mol. The van der Waals surface area contributed by atoms with Gasteiger partial charge < -0.3 is 10.4 Å². The first-order valence-corrected chi connectivity index (χ1v) is 8.05. The largest absolute Gasteiger partial charge is 0.478 e. The number of nitro groups is 1. The molecule has 0 spiro atoms. The summed E-state index contributed by atoms with van der Waals surface area (Å²) in [5.74, 6) is -2.79. The van der Waals surface area contributed by atoms with Gasteiger partial charge in [0.15, 0.2) is 9.84 Å². The number of benzene rings is 1. The predicted molar refractivity (Wildman–Crippen MR) is 74.6 cm³/mol. The number of hydrogen-bond donors (Lipinski definition) is 2. The smallest absolute Gasteiger partial charge is 0.336 e. The molecule has 0 aromatic heterocycles. The Balaban J connectivity index is 2.36. The van der Waals surface area contributed by atoms with E-state index in [1.807, 2.05) is 0 Å². The lowest BCUT2D eigenvalue weighted by Gasteiger charge is -2.12. The van der Waals surface area contributed by atoms with Crippen LogP contribution in [0.4, 0.5) is 5.69 Å². The number of carbonyl (C=O) groups excluding carboxylic acids is 1. The van der Waals surface area contributed by atoms with Crippen molar-refractivity contribution in [3.63, 3.8) is 0 Å². The molecule has 0 bridgehead atoms. The summed E-state index contributed by atoms with van der Waals surface area (Å²) in [5.41, 5.74) is -1.73. The summed E-state index contributed by atoms with van der Waals surface area (Å²) >= 11 is 0. The second-order valence-electron chi connectivity index (χ2n) is 4.84. The Hall–Kier alpha value is -2.49. The number of amides is 1. The summed E-state index contributed by atoms with van der Waals surface area (Å²) in [4.78, 5) is 33.5. The molecule has 2 rings (SSSR count). The SMILES string of the molecule is O=C(O)c1cccc([N+](=O)[O-])c1C(=O)NC1CCS(=O)(=O)C1. The molecule has 1 unspecified atom stereocenters. The molecule has 118 valence electrons. The van der Waals surface area contributed by atoms with Crippen molar-refractivity contribution in [1.29, 1.82) is 0 Å². The molecule has 1 saturated heterocycles. The van der Waals surface area contributed by atoms with Crippen molar-refractivity contribution >= 4 is 27.4 Å². The molecule has 1 aromatic carbocycles. The Kier molecular flexibility index (Phi) is 4.13. The lowest BCUT2D eigenvalue weighted by Crippen LogP contribution is -2.36. The first kappa shape index (κ1) is 15.9. The van der Waals surface area contributed by atoms with Gasteiger partial charge in [-0.2, -0.15) is 0 Å². The number of hydrogen-bond acceptors (Lipinski definition) is 6. The number of carboxylic acid groups (broad SMARTS) is 1. The van der Waals surface area contributed by atoms with E-state index in [4.69, 9.17) is 5.11 Å². The van der Waals surface area contributed by atoms with Crippen molar-refractivity contribution in [3.8, 4) is 0 Å². The molecule has 1 aliphatic heterocycles. The molecule has 1 aliphatic rings. The molecule has 10 heteroatoms. The van der Waals surface area contributed by atoms with E-state index < -0.39 is 49.5 Å². The van der Waals surface area contributed by atoms with E-state index in [9.17, 15) is 28.1 Å². The monoisotopic (exact) mass is 328 g/mol. The molecule has 1 atom stereocenters. The maximum atomic E-state index is 12.2. The Morgan fingerprint density at radius 1 is 1.36 bits per heavy atom. The number of carbonyl (C=O) groups is 2. The summed E-state index contributed by atoms with van der Waals surface area (Å²) in [6.07, 6.45) is 0.192. The van der Waals surface area contributed by atoms with E-state index >= 15 is 0 Å². The zero-order valence-corrected chi connectivity index (χ0v) is 12.0. The molecule has 1 amide bonds. The highest BCUT2D eigenvalue weighted by Crippen LogP contribution is 2.23. The molecule has 1 heterocycles. The molecule has 0 radical (unpaired) electrons. The minimum Gasteiger partial charge on any atom is -0.478 e.